The zero-order chi connectivity index (χ0) is 21.5. The summed E-state index contributed by atoms with van der Waals surface area (Å²) in [5.41, 5.74) is 2.84. The van der Waals surface area contributed by atoms with Gasteiger partial charge in [0.1, 0.15) is 0 Å². The molecule has 2 atom stereocenters. The normalized spacial score (nSPS) is 18.6. The van der Waals surface area contributed by atoms with Gasteiger partial charge in [-0.25, -0.2) is 13.1 Å². The van der Waals surface area contributed by atoms with Crippen LogP contribution in [0.15, 0.2) is 52.2 Å². The van der Waals surface area contributed by atoms with Crippen molar-refractivity contribution in [2.75, 3.05) is 18.0 Å². The summed E-state index contributed by atoms with van der Waals surface area (Å²) in [5, 5.41) is 0. The molecule has 0 amide bonds. The van der Waals surface area contributed by atoms with Crippen LogP contribution in [0, 0.1) is 5.92 Å². The lowest BCUT2D eigenvalue weighted by Gasteiger charge is -2.33. The van der Waals surface area contributed by atoms with E-state index in [0.29, 0.717) is 10.6 Å². The van der Waals surface area contributed by atoms with E-state index in [0.717, 1.165) is 35.5 Å². The molecule has 0 unspecified atom stereocenters. The molecule has 1 saturated heterocycles. The fraction of sp³-hybridized carbons (Fsp3) is 0.409. The third-order valence-corrected chi connectivity index (χ3v) is 8.36. The first kappa shape index (κ1) is 21.1. The Labute approximate surface area is 181 Å². The van der Waals surface area contributed by atoms with E-state index in [4.69, 9.17) is 0 Å². The van der Waals surface area contributed by atoms with Crippen LogP contribution in [0.2, 0.25) is 0 Å². The number of nitrogens with one attached hydrogen (secondary N) is 1. The number of piperidine rings is 1. The molecule has 6 nitrogen and oxygen atoms in total. The van der Waals surface area contributed by atoms with Crippen LogP contribution >= 0.6 is 11.3 Å². The van der Waals surface area contributed by atoms with Crippen LogP contribution in [-0.2, 0) is 17.1 Å². The molecule has 0 saturated carbocycles. The van der Waals surface area contributed by atoms with Gasteiger partial charge in [0.25, 0.3) is 0 Å². The molecule has 160 valence electrons. The molecule has 1 fully saturated rings. The van der Waals surface area contributed by atoms with E-state index in [1.54, 1.807) is 25.2 Å². The second kappa shape index (κ2) is 8.17. The molecule has 1 aliphatic heterocycles. The first-order valence-electron chi connectivity index (χ1n) is 10.2. The SMILES string of the molecule is C[C@H]1CCCN(c2ccc([C@H](C)NS(=O)(=O)c3ccc4c(c3)sc(=O)n4C)cc2)C1. The highest BCUT2D eigenvalue weighted by atomic mass is 32.2. The summed E-state index contributed by atoms with van der Waals surface area (Å²) in [6.07, 6.45) is 2.48. The van der Waals surface area contributed by atoms with Crippen molar-refractivity contribution in [1.82, 2.24) is 9.29 Å². The molecule has 1 aromatic heterocycles. The van der Waals surface area contributed by atoms with Crippen LogP contribution in [0.4, 0.5) is 5.69 Å². The Balaban J connectivity index is 1.51. The van der Waals surface area contributed by atoms with Gasteiger partial charge < -0.3 is 9.47 Å². The fourth-order valence-electron chi connectivity index (χ4n) is 4.05. The largest absolute Gasteiger partial charge is 0.371 e. The summed E-state index contributed by atoms with van der Waals surface area (Å²) in [6, 6.07) is 12.6. The van der Waals surface area contributed by atoms with Crippen molar-refractivity contribution in [1.29, 1.82) is 0 Å². The molecule has 0 spiro atoms. The molecule has 0 aliphatic carbocycles. The van der Waals surface area contributed by atoms with Gasteiger partial charge in [0.05, 0.1) is 15.1 Å². The molecule has 1 aliphatic rings. The van der Waals surface area contributed by atoms with Gasteiger partial charge in [-0.15, -0.1) is 0 Å². The van der Waals surface area contributed by atoms with Crippen LogP contribution in [0.25, 0.3) is 10.2 Å². The Morgan fingerprint density at radius 1 is 1.17 bits per heavy atom. The molecule has 3 aromatic rings. The number of rotatable bonds is 5. The summed E-state index contributed by atoms with van der Waals surface area (Å²) in [7, 11) is -2.02. The number of hydrogen-bond donors (Lipinski definition) is 1. The fourth-order valence-corrected chi connectivity index (χ4v) is 6.30. The molecule has 0 radical (unpaired) electrons. The van der Waals surface area contributed by atoms with E-state index in [-0.39, 0.29) is 15.8 Å². The summed E-state index contributed by atoms with van der Waals surface area (Å²) in [5.74, 6) is 0.699. The quantitative estimate of drug-likeness (QED) is 0.647. The molecule has 4 rings (SSSR count). The van der Waals surface area contributed by atoms with Crippen molar-refractivity contribution in [3.63, 3.8) is 0 Å². The Morgan fingerprint density at radius 3 is 2.60 bits per heavy atom. The van der Waals surface area contributed by atoms with E-state index in [1.165, 1.54) is 23.1 Å². The molecule has 8 heteroatoms. The maximum Gasteiger partial charge on any atom is 0.307 e. The molecule has 2 heterocycles. The minimum atomic E-state index is -3.71. The standard InChI is InChI=1S/C22H27N3O3S2/c1-15-5-4-12-25(14-15)18-8-6-17(7-9-18)16(2)23-30(27,28)19-10-11-20-21(13-19)29-22(26)24(20)3/h6-11,13,15-16,23H,4-5,12,14H2,1-3H3/t15-,16-/m0/s1. The molecule has 1 N–H and O–H groups in total. The topological polar surface area (TPSA) is 71.4 Å². The second-order valence-corrected chi connectivity index (χ2v) is 10.9. The van der Waals surface area contributed by atoms with Gasteiger partial charge in [0, 0.05) is 31.9 Å². The summed E-state index contributed by atoms with van der Waals surface area (Å²) < 4.78 is 30.8. The van der Waals surface area contributed by atoms with Gasteiger partial charge in [-0.2, -0.15) is 0 Å². The Hall–Kier alpha value is -2.16. The molecule has 0 bridgehead atoms. The summed E-state index contributed by atoms with van der Waals surface area (Å²) in [6.45, 7) is 6.26. The maximum atomic E-state index is 12.9. The highest BCUT2D eigenvalue weighted by Gasteiger charge is 2.21. The van der Waals surface area contributed by atoms with Crippen molar-refractivity contribution in [2.24, 2.45) is 13.0 Å². The molecular weight excluding hydrogens is 418 g/mol. The number of benzene rings is 2. The maximum absolute atomic E-state index is 12.9. The Morgan fingerprint density at radius 2 is 1.90 bits per heavy atom. The highest BCUT2D eigenvalue weighted by Crippen LogP contribution is 2.26. The van der Waals surface area contributed by atoms with Crippen molar-refractivity contribution in [3.05, 3.63) is 57.7 Å². The Kier molecular flexibility index (Phi) is 5.74. The van der Waals surface area contributed by atoms with Crippen LogP contribution in [0.1, 0.15) is 38.3 Å². The van der Waals surface area contributed by atoms with Crippen molar-refractivity contribution in [3.8, 4) is 0 Å². The predicted octanol–water partition coefficient (Wildman–Crippen LogP) is 3.88. The molecular formula is C22H27N3O3S2. The summed E-state index contributed by atoms with van der Waals surface area (Å²) >= 11 is 1.05. The van der Waals surface area contributed by atoms with Gasteiger partial charge in [-0.1, -0.05) is 30.4 Å². The van der Waals surface area contributed by atoms with E-state index >= 15 is 0 Å². The zero-order valence-corrected chi connectivity index (χ0v) is 19.1. The average molecular weight is 446 g/mol. The second-order valence-electron chi connectivity index (χ2n) is 8.18. The van der Waals surface area contributed by atoms with Gasteiger partial charge in [0.15, 0.2) is 0 Å². The Bertz CT molecular complexity index is 1210. The van der Waals surface area contributed by atoms with Crippen LogP contribution in [0.5, 0.6) is 0 Å². The number of thiazole rings is 1. The predicted molar refractivity (Wildman–Crippen MR) is 123 cm³/mol. The first-order chi connectivity index (χ1) is 14.2. The minimum absolute atomic E-state index is 0.107. The number of nitrogens with zero attached hydrogens (tertiary/aromatic N) is 2. The number of fused-ring (bicyclic) bond motifs is 1. The van der Waals surface area contributed by atoms with Gasteiger partial charge in [0.2, 0.25) is 10.0 Å². The number of sulfonamides is 1. The molecule has 2 aromatic carbocycles. The molecule has 30 heavy (non-hydrogen) atoms. The van der Waals surface area contributed by atoms with E-state index in [1.807, 2.05) is 19.1 Å². The van der Waals surface area contributed by atoms with E-state index in [9.17, 15) is 13.2 Å². The first-order valence-corrected chi connectivity index (χ1v) is 12.5. The van der Waals surface area contributed by atoms with Crippen molar-refractivity contribution in [2.45, 2.75) is 37.6 Å². The van der Waals surface area contributed by atoms with Crippen molar-refractivity contribution < 1.29 is 8.42 Å². The van der Waals surface area contributed by atoms with Gasteiger partial charge in [-0.05, 0) is 61.6 Å². The van der Waals surface area contributed by atoms with Crippen LogP contribution in [0.3, 0.4) is 0 Å². The van der Waals surface area contributed by atoms with Crippen LogP contribution < -0.4 is 14.5 Å². The minimum Gasteiger partial charge on any atom is -0.371 e. The van der Waals surface area contributed by atoms with Crippen molar-refractivity contribution >= 4 is 37.3 Å². The van der Waals surface area contributed by atoms with Crippen LogP contribution in [-0.4, -0.2) is 26.1 Å². The third-order valence-electron chi connectivity index (χ3n) is 5.82. The summed E-state index contributed by atoms with van der Waals surface area (Å²) in [4.78, 5) is 14.3. The lowest BCUT2D eigenvalue weighted by molar-refractivity contribution is 0.447. The van der Waals surface area contributed by atoms with E-state index in [2.05, 4.69) is 28.7 Å². The lowest BCUT2D eigenvalue weighted by Crippen LogP contribution is -2.34. The lowest BCUT2D eigenvalue weighted by atomic mass is 9.99. The highest BCUT2D eigenvalue weighted by molar-refractivity contribution is 7.89. The number of aromatic nitrogens is 1. The zero-order valence-electron chi connectivity index (χ0n) is 17.5. The monoisotopic (exact) mass is 445 g/mol. The van der Waals surface area contributed by atoms with Gasteiger partial charge in [-0.3, -0.25) is 4.79 Å². The van der Waals surface area contributed by atoms with E-state index < -0.39 is 10.0 Å². The number of anilines is 1. The third kappa shape index (κ3) is 4.17. The number of aryl methyl sites for hydroxylation is 1. The number of hydrogen-bond acceptors (Lipinski definition) is 5. The van der Waals surface area contributed by atoms with Gasteiger partial charge >= 0.3 is 4.87 Å². The smallest absolute Gasteiger partial charge is 0.307 e. The average Bonchev–Trinajstić information content (AvgIpc) is 3.01.